The molecule has 0 radical (unpaired) electrons. The Morgan fingerprint density at radius 1 is 0.778 bits per heavy atom. The molecule has 2 rings (SSSR count). The van der Waals surface area contributed by atoms with Gasteiger partial charge in [-0.05, 0) is 137 Å². The summed E-state index contributed by atoms with van der Waals surface area (Å²) in [6.45, 7) is 0. The minimum absolute atomic E-state index is 0.0508. The molecule has 0 fully saturated rings. The van der Waals surface area contributed by atoms with E-state index in [2.05, 4.69) is 22.6 Å². The van der Waals surface area contributed by atoms with Gasteiger partial charge in [0.25, 0.3) is 10.1 Å². The van der Waals surface area contributed by atoms with E-state index in [-0.39, 0.29) is 23.5 Å². The lowest BCUT2D eigenvalue weighted by Crippen LogP contribution is -2.26. The molecule has 0 amide bonds. The normalized spacial score (nSPS) is 11.2. The molecule has 27 heavy (non-hydrogen) atoms. The molecule has 1 N–H and O–H groups in total. The molecule has 2 aromatic rings. The first-order valence-corrected chi connectivity index (χ1v) is 13.3. The van der Waals surface area contributed by atoms with Gasteiger partial charge in [-0.25, -0.2) is 9.59 Å². The number of ether oxygens (including phenoxy) is 2. The Bertz CT molecular complexity index is 1010. The summed E-state index contributed by atoms with van der Waals surface area (Å²) >= 11 is 9.45. The molecule has 0 bridgehead atoms. The van der Waals surface area contributed by atoms with Gasteiger partial charge in [0.05, 0.1) is 7.14 Å². The van der Waals surface area contributed by atoms with Gasteiger partial charge in [-0.3, -0.25) is 4.55 Å². The largest absolute Gasteiger partial charge is 0.423 e. The molecule has 0 aliphatic heterocycles. The number of benzene rings is 2. The Labute approximate surface area is 222 Å². The van der Waals surface area contributed by atoms with E-state index < -0.39 is 22.1 Å². The Hall–Kier alpha value is 0.940. The molecule has 0 unspecified atom stereocenters. The summed E-state index contributed by atoms with van der Waals surface area (Å²) in [7, 11) is -4.43. The molecule has 0 spiro atoms. The quantitative estimate of drug-likeness (QED) is 0.159. The second-order valence-electron chi connectivity index (χ2n) is 4.67. The van der Waals surface area contributed by atoms with Crippen molar-refractivity contribution in [1.82, 2.24) is 0 Å². The van der Waals surface area contributed by atoms with Gasteiger partial charge in [-0.1, -0.05) is 0 Å². The van der Waals surface area contributed by atoms with Gasteiger partial charge in [0.2, 0.25) is 0 Å². The predicted molar refractivity (Wildman–Crippen MR) is 138 cm³/mol. The van der Waals surface area contributed by atoms with Crippen molar-refractivity contribution < 1.29 is 32.0 Å². The van der Waals surface area contributed by atoms with Crippen molar-refractivity contribution in [2.45, 2.75) is 4.90 Å². The van der Waals surface area contributed by atoms with Crippen molar-refractivity contribution >= 4 is 135 Å². The number of esters is 2. The molecule has 0 aliphatic carbocycles. The van der Waals surface area contributed by atoms with Crippen LogP contribution in [0.1, 0.15) is 0 Å². The highest BCUT2D eigenvalue weighted by Gasteiger charge is 2.25. The van der Waals surface area contributed by atoms with E-state index >= 15 is 0 Å². The maximum atomic E-state index is 12.1. The molecule has 0 saturated heterocycles. The third-order valence-corrected chi connectivity index (χ3v) is 8.38. The summed E-state index contributed by atoms with van der Waals surface area (Å²) in [6.07, 6.45) is 0. The number of rotatable bonds is 3. The zero-order valence-electron chi connectivity index (χ0n) is 12.5. The monoisotopic (exact) mass is 951 g/mol. The molecule has 7 nitrogen and oxygen atoms in total. The molecular formula is C14H5I5O7S. The minimum Gasteiger partial charge on any atom is -0.418 e. The van der Waals surface area contributed by atoms with Gasteiger partial charge < -0.3 is 9.47 Å². The van der Waals surface area contributed by atoms with E-state index in [0.29, 0.717) is 7.14 Å². The predicted octanol–water partition coefficient (Wildman–Crippen LogP) is 4.47. The summed E-state index contributed by atoms with van der Waals surface area (Å²) in [5, 5.41) is 0. The summed E-state index contributed by atoms with van der Waals surface area (Å²) in [5.41, 5.74) is 0. The van der Waals surface area contributed by atoms with Gasteiger partial charge in [0.15, 0.2) is 5.75 Å². The zero-order valence-corrected chi connectivity index (χ0v) is 24.1. The molecule has 0 heterocycles. The third kappa shape index (κ3) is 6.46. The maximum Gasteiger partial charge on any atom is 0.423 e. The lowest BCUT2D eigenvalue weighted by molar-refractivity contribution is -0.156. The molecule has 0 aromatic heterocycles. The average Bonchev–Trinajstić information content (AvgIpc) is 2.48. The second-order valence-corrected chi connectivity index (χ2v) is 11.9. The standard InChI is InChI=1S/C14H5I5O7S/c15-5-1-7(16)11(8(17)2-5)26-14(21)13(20)25-6-3-9(18)12(10(19)4-6)27(22,23)24/h1-4H,(H,22,23,24). The highest BCUT2D eigenvalue weighted by Crippen LogP contribution is 2.31. The first kappa shape index (κ1) is 24.2. The molecule has 144 valence electrons. The summed E-state index contributed by atoms with van der Waals surface area (Å²) in [5.74, 6) is -2.27. The molecule has 0 aliphatic rings. The van der Waals surface area contributed by atoms with Crippen LogP contribution in [-0.2, 0) is 19.7 Å². The first-order chi connectivity index (χ1) is 12.4. The lowest BCUT2D eigenvalue weighted by atomic mass is 10.3. The Morgan fingerprint density at radius 2 is 1.22 bits per heavy atom. The van der Waals surface area contributed by atoms with Crippen LogP contribution in [-0.4, -0.2) is 24.9 Å². The minimum atomic E-state index is -4.43. The fraction of sp³-hybridized carbons (Fsp3) is 0. The van der Waals surface area contributed by atoms with Crippen LogP contribution in [0.4, 0.5) is 0 Å². The van der Waals surface area contributed by atoms with Crippen molar-refractivity contribution in [3.63, 3.8) is 0 Å². The highest BCUT2D eigenvalue weighted by atomic mass is 127. The number of hydrogen-bond donors (Lipinski definition) is 1. The molecule has 0 atom stereocenters. The first-order valence-electron chi connectivity index (χ1n) is 6.45. The van der Waals surface area contributed by atoms with Crippen LogP contribution in [0.5, 0.6) is 11.5 Å². The smallest absolute Gasteiger partial charge is 0.418 e. The van der Waals surface area contributed by atoms with Crippen LogP contribution in [0, 0.1) is 17.9 Å². The van der Waals surface area contributed by atoms with Crippen molar-refractivity contribution in [2.75, 3.05) is 0 Å². The average molecular weight is 952 g/mol. The number of hydrogen-bond acceptors (Lipinski definition) is 6. The zero-order chi connectivity index (χ0) is 20.5. The molecule has 0 saturated carbocycles. The topological polar surface area (TPSA) is 107 Å². The van der Waals surface area contributed by atoms with Gasteiger partial charge in [-0.15, -0.1) is 0 Å². The second kappa shape index (κ2) is 9.83. The molecule has 13 heteroatoms. The molecule has 2 aromatic carbocycles. The fourth-order valence-corrected chi connectivity index (χ4v) is 9.55. The van der Waals surface area contributed by atoms with E-state index in [9.17, 15) is 22.6 Å². The van der Waals surface area contributed by atoms with Crippen LogP contribution in [0.15, 0.2) is 29.2 Å². The number of carbonyl (C=O) groups is 2. The van der Waals surface area contributed by atoms with Gasteiger partial charge in [0, 0.05) is 10.7 Å². The van der Waals surface area contributed by atoms with Gasteiger partial charge >= 0.3 is 11.9 Å². The van der Waals surface area contributed by atoms with E-state index in [1.807, 2.05) is 45.2 Å². The van der Waals surface area contributed by atoms with Crippen molar-refractivity contribution in [1.29, 1.82) is 0 Å². The van der Waals surface area contributed by atoms with Gasteiger partial charge in [0.1, 0.15) is 10.6 Å². The Morgan fingerprint density at radius 3 is 1.67 bits per heavy atom. The van der Waals surface area contributed by atoms with Crippen LogP contribution in [0.2, 0.25) is 0 Å². The fourth-order valence-electron chi connectivity index (χ4n) is 1.75. The van der Waals surface area contributed by atoms with Crippen LogP contribution in [0.25, 0.3) is 0 Å². The van der Waals surface area contributed by atoms with Crippen LogP contribution in [0.3, 0.4) is 0 Å². The van der Waals surface area contributed by atoms with Crippen molar-refractivity contribution in [3.05, 3.63) is 42.1 Å². The van der Waals surface area contributed by atoms with Crippen LogP contribution >= 0.6 is 113 Å². The van der Waals surface area contributed by atoms with E-state index in [4.69, 9.17) is 9.47 Å². The SMILES string of the molecule is O=C(Oc1cc(I)c(S(=O)(=O)O)c(I)c1)C(=O)Oc1c(I)cc(I)cc1I. The van der Waals surface area contributed by atoms with E-state index in [0.717, 1.165) is 3.57 Å². The van der Waals surface area contributed by atoms with Crippen LogP contribution < -0.4 is 9.47 Å². The van der Waals surface area contributed by atoms with Gasteiger partial charge in [-0.2, -0.15) is 8.42 Å². The summed E-state index contributed by atoms with van der Waals surface area (Å²) < 4.78 is 44.6. The van der Waals surface area contributed by atoms with Crippen molar-refractivity contribution in [3.8, 4) is 11.5 Å². The summed E-state index contributed by atoms with van der Waals surface area (Å²) in [6, 6.07) is 6.01. The third-order valence-electron chi connectivity index (χ3n) is 2.76. The highest BCUT2D eigenvalue weighted by molar-refractivity contribution is 14.1. The van der Waals surface area contributed by atoms with E-state index in [1.54, 1.807) is 57.3 Å². The Kier molecular flexibility index (Phi) is 8.82. The molecular weight excluding hydrogens is 947 g/mol. The summed E-state index contributed by atoms with van der Waals surface area (Å²) in [4.78, 5) is 23.8. The van der Waals surface area contributed by atoms with Crippen molar-refractivity contribution in [2.24, 2.45) is 0 Å². The number of halogens is 5. The number of carbonyl (C=O) groups excluding carboxylic acids is 2. The Balaban J connectivity index is 2.22. The van der Waals surface area contributed by atoms with E-state index in [1.165, 1.54) is 12.1 Å². The lowest BCUT2D eigenvalue weighted by Gasteiger charge is -2.10. The maximum absolute atomic E-state index is 12.1.